The summed E-state index contributed by atoms with van der Waals surface area (Å²) in [6.45, 7) is 12.8. The third-order valence-electron chi connectivity index (χ3n) is 6.78. The lowest BCUT2D eigenvalue weighted by Gasteiger charge is -2.48. The van der Waals surface area contributed by atoms with Gasteiger partial charge in [-0.15, -0.1) is 0 Å². The first-order valence-corrected chi connectivity index (χ1v) is 14.4. The minimum absolute atomic E-state index is 0.00660. The van der Waals surface area contributed by atoms with Gasteiger partial charge in [0.15, 0.2) is 14.4 Å². The Morgan fingerprint density at radius 1 is 0.969 bits per heavy atom. The number of imide groups is 1. The summed E-state index contributed by atoms with van der Waals surface area (Å²) >= 11 is 6.09. The lowest BCUT2D eigenvalue weighted by molar-refractivity contribution is -0.158. The zero-order chi connectivity index (χ0) is 23.7. The summed E-state index contributed by atoms with van der Waals surface area (Å²) in [7, 11) is -2.03. The first kappa shape index (κ1) is 24.7. The first-order valence-electron chi connectivity index (χ1n) is 11.5. The van der Waals surface area contributed by atoms with Crippen molar-refractivity contribution in [2.75, 3.05) is 0 Å². The van der Waals surface area contributed by atoms with E-state index in [0.717, 1.165) is 29.3 Å². The van der Waals surface area contributed by atoms with Gasteiger partial charge in [0.1, 0.15) is 0 Å². The minimum Gasteiger partial charge on any atom is -0.403 e. The predicted octanol–water partition coefficient (Wildman–Crippen LogP) is 6.75. The van der Waals surface area contributed by atoms with Crippen molar-refractivity contribution in [3.05, 3.63) is 70.2 Å². The Labute approximate surface area is 198 Å². The monoisotopic (exact) mass is 471 g/mol. The summed E-state index contributed by atoms with van der Waals surface area (Å²) in [6, 6.07) is 17.3. The van der Waals surface area contributed by atoms with E-state index in [0.29, 0.717) is 10.6 Å². The molecule has 1 saturated heterocycles. The first-order chi connectivity index (χ1) is 15.1. The lowest BCUT2D eigenvalue weighted by Crippen LogP contribution is -2.64. The van der Waals surface area contributed by atoms with Gasteiger partial charge in [-0.1, -0.05) is 77.4 Å². The van der Waals surface area contributed by atoms with Crippen molar-refractivity contribution in [1.29, 1.82) is 0 Å². The Morgan fingerprint density at radius 3 is 1.97 bits per heavy atom. The Balaban J connectivity index is 1.94. The molecule has 2 aromatic rings. The predicted molar refractivity (Wildman–Crippen MR) is 133 cm³/mol. The molecule has 1 fully saturated rings. The standard InChI is InChI=1S/C26H34ClNO3Si/c1-7-32(8-2,9-3)31-23-22(18-12-16-21(27)17-13-18)28(25(23)30)24(29)19-10-14-20(15-11-19)26(4,5)6/h10-17,22-23H,7-9H2,1-6H3. The van der Waals surface area contributed by atoms with E-state index >= 15 is 0 Å². The number of likely N-dealkylation sites (tertiary alicyclic amines) is 1. The van der Waals surface area contributed by atoms with Crippen molar-refractivity contribution >= 4 is 31.7 Å². The maximum absolute atomic E-state index is 13.4. The molecule has 172 valence electrons. The number of hydrogen-bond donors (Lipinski definition) is 0. The molecule has 3 rings (SSSR count). The second kappa shape index (κ2) is 9.50. The summed E-state index contributed by atoms with van der Waals surface area (Å²) in [5, 5.41) is 0.618. The molecule has 0 N–H and O–H groups in total. The quantitative estimate of drug-likeness (QED) is 0.255. The Morgan fingerprint density at radius 2 is 1.50 bits per heavy atom. The van der Waals surface area contributed by atoms with E-state index in [4.69, 9.17) is 16.0 Å². The summed E-state index contributed by atoms with van der Waals surface area (Å²) in [5.74, 6) is -0.533. The van der Waals surface area contributed by atoms with Crippen LogP contribution in [0.5, 0.6) is 0 Å². The van der Waals surface area contributed by atoms with Gasteiger partial charge in [0.2, 0.25) is 0 Å². The van der Waals surface area contributed by atoms with Gasteiger partial charge in [-0.25, -0.2) is 0 Å². The fourth-order valence-electron chi connectivity index (χ4n) is 4.31. The van der Waals surface area contributed by atoms with Gasteiger partial charge >= 0.3 is 0 Å². The van der Waals surface area contributed by atoms with Crippen LogP contribution >= 0.6 is 11.6 Å². The van der Waals surface area contributed by atoms with Crippen LogP contribution < -0.4 is 0 Å². The number of carbonyl (C=O) groups is 2. The molecule has 32 heavy (non-hydrogen) atoms. The van der Waals surface area contributed by atoms with E-state index in [-0.39, 0.29) is 17.2 Å². The van der Waals surface area contributed by atoms with Gasteiger partial charge in [-0.3, -0.25) is 14.5 Å². The number of halogens is 1. The van der Waals surface area contributed by atoms with Crippen LogP contribution in [0.2, 0.25) is 23.2 Å². The number of hydrogen-bond acceptors (Lipinski definition) is 3. The van der Waals surface area contributed by atoms with Crippen LogP contribution in [0.25, 0.3) is 0 Å². The normalized spacial score (nSPS) is 19.1. The van der Waals surface area contributed by atoms with E-state index < -0.39 is 20.5 Å². The number of amides is 2. The molecule has 0 bridgehead atoms. The molecule has 4 nitrogen and oxygen atoms in total. The summed E-state index contributed by atoms with van der Waals surface area (Å²) in [4.78, 5) is 28.0. The van der Waals surface area contributed by atoms with Crippen LogP contribution in [0.15, 0.2) is 48.5 Å². The molecule has 1 aliphatic rings. The third-order valence-corrected chi connectivity index (χ3v) is 11.7. The maximum Gasteiger partial charge on any atom is 0.261 e. The highest BCUT2D eigenvalue weighted by atomic mass is 35.5. The van der Waals surface area contributed by atoms with Crippen LogP contribution in [0.1, 0.15) is 69.1 Å². The number of benzene rings is 2. The van der Waals surface area contributed by atoms with Crippen LogP contribution in [0.4, 0.5) is 0 Å². The fourth-order valence-corrected chi connectivity index (χ4v) is 7.20. The van der Waals surface area contributed by atoms with Crippen molar-refractivity contribution in [3.63, 3.8) is 0 Å². The molecule has 2 unspecified atom stereocenters. The smallest absolute Gasteiger partial charge is 0.261 e. The molecule has 0 aromatic heterocycles. The average Bonchev–Trinajstić information content (AvgIpc) is 2.78. The lowest BCUT2D eigenvalue weighted by atomic mass is 9.86. The number of β-lactam (4-membered cyclic amide) rings is 1. The van der Waals surface area contributed by atoms with Gasteiger partial charge in [-0.05, 0) is 58.9 Å². The highest BCUT2D eigenvalue weighted by Crippen LogP contribution is 2.41. The van der Waals surface area contributed by atoms with E-state index in [1.165, 1.54) is 4.90 Å². The second-order valence-electron chi connectivity index (χ2n) is 9.62. The van der Waals surface area contributed by atoms with Crippen molar-refractivity contribution in [2.45, 2.75) is 77.2 Å². The molecule has 2 amide bonds. The van der Waals surface area contributed by atoms with Crippen molar-refractivity contribution < 1.29 is 14.0 Å². The van der Waals surface area contributed by atoms with Crippen molar-refractivity contribution in [1.82, 2.24) is 4.90 Å². The fraction of sp³-hybridized carbons (Fsp3) is 0.462. The van der Waals surface area contributed by atoms with Gasteiger partial charge < -0.3 is 4.43 Å². The number of rotatable bonds is 7. The highest BCUT2D eigenvalue weighted by molar-refractivity contribution is 6.73. The van der Waals surface area contributed by atoms with Crippen LogP contribution in [0.3, 0.4) is 0 Å². The average molecular weight is 472 g/mol. The molecule has 6 heteroatoms. The zero-order valence-corrected chi connectivity index (χ0v) is 21.7. The molecule has 0 saturated carbocycles. The van der Waals surface area contributed by atoms with Crippen LogP contribution in [-0.4, -0.2) is 31.1 Å². The number of nitrogens with zero attached hydrogens (tertiary/aromatic N) is 1. The topological polar surface area (TPSA) is 46.6 Å². The second-order valence-corrected chi connectivity index (χ2v) is 14.8. The summed E-state index contributed by atoms with van der Waals surface area (Å²) in [6.07, 6.45) is -0.625. The van der Waals surface area contributed by atoms with E-state index in [1.807, 2.05) is 36.4 Å². The SMILES string of the molecule is CC[Si](CC)(CC)OC1C(=O)N(C(=O)c2ccc(C(C)(C)C)cc2)C1c1ccc(Cl)cc1. The molecule has 2 aromatic carbocycles. The Hall–Kier alpha value is -1.95. The highest BCUT2D eigenvalue weighted by Gasteiger charge is 2.54. The minimum atomic E-state index is -2.03. The molecule has 0 radical (unpaired) electrons. The molecule has 1 aliphatic heterocycles. The molecular weight excluding hydrogens is 438 g/mol. The largest absolute Gasteiger partial charge is 0.403 e. The molecule has 2 atom stereocenters. The van der Waals surface area contributed by atoms with Gasteiger partial charge in [0.05, 0.1) is 6.04 Å². The van der Waals surface area contributed by atoms with Crippen LogP contribution in [-0.2, 0) is 14.6 Å². The Kier molecular flexibility index (Phi) is 7.33. The molecule has 1 heterocycles. The summed E-state index contributed by atoms with van der Waals surface area (Å²) in [5.41, 5.74) is 2.51. The summed E-state index contributed by atoms with van der Waals surface area (Å²) < 4.78 is 6.57. The van der Waals surface area contributed by atoms with E-state index in [1.54, 1.807) is 12.1 Å². The van der Waals surface area contributed by atoms with Crippen molar-refractivity contribution in [2.24, 2.45) is 0 Å². The maximum atomic E-state index is 13.4. The zero-order valence-electron chi connectivity index (χ0n) is 19.9. The molecule has 0 aliphatic carbocycles. The van der Waals surface area contributed by atoms with Gasteiger partial charge in [0, 0.05) is 10.6 Å². The number of carbonyl (C=O) groups excluding carboxylic acids is 2. The van der Waals surface area contributed by atoms with Crippen LogP contribution in [0, 0.1) is 0 Å². The molecular formula is C26H34ClNO3Si. The van der Waals surface area contributed by atoms with E-state index in [9.17, 15) is 9.59 Å². The van der Waals surface area contributed by atoms with Crippen molar-refractivity contribution in [3.8, 4) is 0 Å². The third kappa shape index (κ3) is 4.70. The van der Waals surface area contributed by atoms with E-state index in [2.05, 4.69) is 41.5 Å². The molecule has 0 spiro atoms. The van der Waals surface area contributed by atoms with Gasteiger partial charge in [-0.2, -0.15) is 0 Å². The Bertz CT molecular complexity index is 954. The van der Waals surface area contributed by atoms with Gasteiger partial charge in [0.25, 0.3) is 11.8 Å².